The van der Waals surface area contributed by atoms with E-state index in [1.807, 2.05) is 0 Å². The van der Waals surface area contributed by atoms with Gasteiger partial charge in [-0.2, -0.15) is 12.8 Å². The molecule has 0 fully saturated rings. The largest absolute Gasteiger partial charge is 0.301 e. The predicted octanol–water partition coefficient (Wildman–Crippen LogP) is 8.47. The molecule has 4 aromatic rings. The zero-order valence-electron chi connectivity index (χ0n) is 20.6. The van der Waals surface area contributed by atoms with Gasteiger partial charge >= 0.3 is 33.0 Å². The molecule has 0 spiro atoms. The Labute approximate surface area is 246 Å². The first-order valence-corrected chi connectivity index (χ1v) is 19.3. The fourth-order valence-electron chi connectivity index (χ4n) is 3.14. The second-order valence-electron chi connectivity index (χ2n) is 7.64. The van der Waals surface area contributed by atoms with Crippen LogP contribution in [0.4, 0.5) is 0 Å². The molecule has 0 radical (unpaired) electrons. The Balaban J connectivity index is 0.000000235. The molecule has 4 atom stereocenters. The molecule has 0 aliphatic carbocycles. The van der Waals surface area contributed by atoms with Crippen molar-refractivity contribution < 1.29 is 12.7 Å². The number of halogens is 2. The summed E-state index contributed by atoms with van der Waals surface area (Å²) in [7, 11) is 13.0. The van der Waals surface area contributed by atoms with Gasteiger partial charge in [0.15, 0.2) is 0 Å². The summed E-state index contributed by atoms with van der Waals surface area (Å²) in [6.07, 6.45) is 9.85. The monoisotopic (exact) mass is 646 g/mol. The van der Waals surface area contributed by atoms with Crippen LogP contribution in [0.1, 0.15) is 12.8 Å². The second kappa shape index (κ2) is 23.6. The van der Waals surface area contributed by atoms with E-state index < -0.39 is 0 Å². The molecule has 0 nitrogen and oxygen atoms in total. The van der Waals surface area contributed by atoms with E-state index in [4.69, 9.17) is 20.4 Å². The Bertz CT molecular complexity index is 858. The van der Waals surface area contributed by atoms with Crippen LogP contribution in [0.15, 0.2) is 121 Å². The number of hydrogen-bond donors (Lipinski definition) is 0. The molecule has 198 valence electrons. The second-order valence-corrected chi connectivity index (χ2v) is 14.7. The summed E-state index contributed by atoms with van der Waals surface area (Å²) >= 11 is 0.569. The molecule has 0 saturated heterocycles. The third-order valence-electron chi connectivity index (χ3n) is 4.87. The topological polar surface area (TPSA) is 0 Å². The van der Waals surface area contributed by atoms with Gasteiger partial charge in [-0.25, -0.2) is 0 Å². The molecule has 0 N–H and O–H groups in total. The molecule has 0 aromatic heterocycles. The van der Waals surface area contributed by atoms with Crippen molar-refractivity contribution in [2.45, 2.75) is 12.8 Å². The molecule has 0 heterocycles. The minimum atomic E-state index is 0.569. The maximum absolute atomic E-state index is 4.70. The van der Waals surface area contributed by atoms with Crippen LogP contribution in [0.2, 0.25) is 0 Å². The summed E-state index contributed by atoms with van der Waals surface area (Å²) in [5.74, 6) is 0. The number of hydrogen-bond acceptors (Lipinski definition) is 0. The van der Waals surface area contributed by atoms with E-state index in [1.54, 1.807) is 0 Å². The first kappa shape index (κ1) is 32.9. The van der Waals surface area contributed by atoms with Crippen molar-refractivity contribution >= 4 is 75.9 Å². The Morgan fingerprint density at radius 2 is 0.730 bits per heavy atom. The third-order valence-corrected chi connectivity index (χ3v) is 9.75. The molecule has 4 unspecified atom stereocenters. The van der Waals surface area contributed by atoms with Gasteiger partial charge in [-0.15, -0.1) is 0 Å². The van der Waals surface area contributed by atoms with Crippen molar-refractivity contribution in [2.24, 2.45) is 0 Å². The van der Waals surface area contributed by atoms with Crippen LogP contribution in [-0.2, 0) is 12.7 Å². The molecule has 37 heavy (non-hydrogen) atoms. The maximum atomic E-state index is 4.70. The summed E-state index contributed by atoms with van der Waals surface area (Å²) < 4.78 is 0. The first-order chi connectivity index (χ1) is 18.3. The van der Waals surface area contributed by atoms with Crippen LogP contribution in [0.3, 0.4) is 0 Å². The van der Waals surface area contributed by atoms with E-state index in [9.17, 15) is 0 Å². The fourth-order valence-corrected chi connectivity index (χ4v) is 7.55. The van der Waals surface area contributed by atoms with Crippen molar-refractivity contribution in [3.63, 3.8) is 0 Å². The Hall–Kier alpha value is -0.326. The SMILES string of the molecule is [Cl][Ni+2][Cl].c1ccc(P[CH-]CCPc2ccccc2)cc1.c1ccc(P[CH-]CCPc2ccccc2)cc1. The van der Waals surface area contributed by atoms with Gasteiger partial charge in [0.1, 0.15) is 0 Å². The van der Waals surface area contributed by atoms with Crippen LogP contribution in [0.5, 0.6) is 0 Å². The fraction of sp³-hybridized carbons (Fsp3) is 0.133. The van der Waals surface area contributed by atoms with Gasteiger partial charge in [0.05, 0.1) is 0 Å². The van der Waals surface area contributed by atoms with Gasteiger partial charge in [-0.05, 0) is 10.6 Å². The van der Waals surface area contributed by atoms with E-state index in [1.165, 1.54) is 46.4 Å². The van der Waals surface area contributed by atoms with Crippen LogP contribution >= 0.6 is 54.7 Å². The van der Waals surface area contributed by atoms with Gasteiger partial charge in [0, 0.05) is 0 Å². The average Bonchev–Trinajstić information content (AvgIpc) is 2.96. The van der Waals surface area contributed by atoms with Gasteiger partial charge in [-0.3, -0.25) is 17.2 Å². The average molecular weight is 648 g/mol. The Morgan fingerprint density at radius 3 is 1.03 bits per heavy atom. The normalized spacial score (nSPS) is 11.4. The zero-order chi connectivity index (χ0) is 26.2. The van der Waals surface area contributed by atoms with Crippen LogP contribution in [0.25, 0.3) is 0 Å². The standard InChI is InChI=1S/2C15H17P2.2ClH.Ni/c2*1-3-8-14(9-4-1)16-12-7-13-17-15-10-5-2-6-11-15;;;/h2*1-6,8-12,16-17H,7,13H2;2*1H;/q2*-1;;;+4/p-2. The van der Waals surface area contributed by atoms with Crippen molar-refractivity contribution in [1.29, 1.82) is 0 Å². The maximum Gasteiger partial charge on any atom is -0.0272 e. The van der Waals surface area contributed by atoms with Gasteiger partial charge < -0.3 is 12.3 Å². The van der Waals surface area contributed by atoms with E-state index in [-0.39, 0.29) is 0 Å². The molecule has 0 aliphatic heterocycles. The first-order valence-electron chi connectivity index (χ1n) is 12.0. The van der Waals surface area contributed by atoms with Crippen LogP contribution < -0.4 is 21.2 Å². The van der Waals surface area contributed by atoms with Crippen LogP contribution in [-0.4, -0.2) is 12.3 Å². The predicted molar refractivity (Wildman–Crippen MR) is 177 cm³/mol. The Kier molecular flexibility index (Phi) is 20.9. The zero-order valence-corrected chi connectivity index (χ0v) is 27.1. The Morgan fingerprint density at radius 1 is 0.459 bits per heavy atom. The summed E-state index contributed by atoms with van der Waals surface area (Å²) in [5, 5.41) is 5.83. The van der Waals surface area contributed by atoms with E-state index in [0.29, 0.717) is 12.7 Å². The summed E-state index contributed by atoms with van der Waals surface area (Å²) in [6.45, 7) is 0. The van der Waals surface area contributed by atoms with Crippen molar-refractivity contribution in [1.82, 2.24) is 0 Å². The van der Waals surface area contributed by atoms with Crippen LogP contribution in [0, 0.1) is 12.3 Å². The van der Waals surface area contributed by atoms with Crippen molar-refractivity contribution in [2.75, 3.05) is 12.3 Å². The molecule has 0 amide bonds. The van der Waals surface area contributed by atoms with E-state index >= 15 is 0 Å². The molecule has 0 saturated carbocycles. The quantitative estimate of drug-likeness (QED) is 0.0627. The third kappa shape index (κ3) is 17.8. The van der Waals surface area contributed by atoms with Crippen molar-refractivity contribution in [3.8, 4) is 0 Å². The van der Waals surface area contributed by atoms with Gasteiger partial charge in [0.25, 0.3) is 0 Å². The number of rotatable bonds is 12. The smallest absolute Gasteiger partial charge is 0.0272 e. The molecular weight excluding hydrogens is 614 g/mol. The molecular formula is C30H34Cl2NiP4. The molecule has 4 rings (SSSR count). The minimum Gasteiger partial charge on any atom is -0.301 e. The van der Waals surface area contributed by atoms with Crippen molar-refractivity contribution in [3.05, 3.63) is 134 Å². The van der Waals surface area contributed by atoms with Gasteiger partial charge in [-0.1, -0.05) is 161 Å². The van der Waals surface area contributed by atoms with Gasteiger partial charge in [0.2, 0.25) is 0 Å². The molecule has 0 bridgehead atoms. The molecule has 7 heteroatoms. The number of benzene rings is 4. The van der Waals surface area contributed by atoms with E-state index in [0.717, 1.165) is 34.3 Å². The molecule has 0 aliphatic rings. The minimum absolute atomic E-state index is 0.569. The summed E-state index contributed by atoms with van der Waals surface area (Å²) in [4.78, 5) is 0. The molecule has 4 aromatic carbocycles. The van der Waals surface area contributed by atoms with E-state index in [2.05, 4.69) is 134 Å². The summed E-state index contributed by atoms with van der Waals surface area (Å²) in [5.41, 5.74) is 0. The summed E-state index contributed by atoms with van der Waals surface area (Å²) in [6, 6.07) is 42.9.